The molecule has 5 nitrogen and oxygen atoms in total. The Morgan fingerprint density at radius 1 is 1.71 bits per heavy atom. The maximum atomic E-state index is 11.3. The van der Waals surface area contributed by atoms with Crippen LogP contribution in [0.25, 0.3) is 0 Å². The van der Waals surface area contributed by atoms with Crippen LogP contribution in [-0.2, 0) is 11.3 Å². The standard InChI is InChI=1S/C9H13N3O2/c1-7(2)11-9(14)5-12-4-3-10-8(12)6-13/h3-4,6-7H,5H2,1-2H3,(H,11,14). The monoisotopic (exact) mass is 195 g/mol. The summed E-state index contributed by atoms with van der Waals surface area (Å²) in [5.41, 5.74) is 0. The first-order chi connectivity index (χ1) is 6.63. The summed E-state index contributed by atoms with van der Waals surface area (Å²) in [6.07, 6.45) is 3.72. The molecule has 1 amide bonds. The van der Waals surface area contributed by atoms with E-state index in [1.54, 1.807) is 6.20 Å². The molecule has 0 atom stereocenters. The summed E-state index contributed by atoms with van der Waals surface area (Å²) in [6.45, 7) is 3.89. The minimum Gasteiger partial charge on any atom is -0.352 e. The smallest absolute Gasteiger partial charge is 0.240 e. The van der Waals surface area contributed by atoms with Crippen LogP contribution in [0.5, 0.6) is 0 Å². The Kier molecular flexibility index (Phi) is 3.39. The number of hydrogen-bond donors (Lipinski definition) is 1. The number of nitrogens with zero attached hydrogens (tertiary/aromatic N) is 2. The number of carbonyl (C=O) groups excluding carboxylic acids is 2. The van der Waals surface area contributed by atoms with E-state index < -0.39 is 0 Å². The number of amides is 1. The third kappa shape index (κ3) is 2.69. The molecular weight excluding hydrogens is 182 g/mol. The highest BCUT2D eigenvalue weighted by Crippen LogP contribution is 1.94. The maximum absolute atomic E-state index is 11.3. The Morgan fingerprint density at radius 2 is 2.43 bits per heavy atom. The van der Waals surface area contributed by atoms with Gasteiger partial charge in [-0.25, -0.2) is 4.98 Å². The van der Waals surface area contributed by atoms with Crippen molar-refractivity contribution in [1.82, 2.24) is 14.9 Å². The van der Waals surface area contributed by atoms with Gasteiger partial charge in [0.15, 0.2) is 12.1 Å². The first-order valence-corrected chi connectivity index (χ1v) is 4.39. The first-order valence-electron chi connectivity index (χ1n) is 4.39. The van der Waals surface area contributed by atoms with Gasteiger partial charge in [-0.3, -0.25) is 9.59 Å². The molecule has 76 valence electrons. The van der Waals surface area contributed by atoms with Crippen LogP contribution in [0.15, 0.2) is 12.4 Å². The van der Waals surface area contributed by atoms with E-state index >= 15 is 0 Å². The van der Waals surface area contributed by atoms with Crippen molar-refractivity contribution < 1.29 is 9.59 Å². The molecule has 0 aromatic carbocycles. The molecule has 0 aliphatic heterocycles. The van der Waals surface area contributed by atoms with Gasteiger partial charge >= 0.3 is 0 Å². The van der Waals surface area contributed by atoms with Crippen LogP contribution in [-0.4, -0.2) is 27.8 Å². The number of nitrogens with one attached hydrogen (secondary N) is 1. The minimum atomic E-state index is -0.124. The van der Waals surface area contributed by atoms with Crippen molar-refractivity contribution in [3.8, 4) is 0 Å². The van der Waals surface area contributed by atoms with Crippen molar-refractivity contribution in [3.63, 3.8) is 0 Å². The second-order valence-corrected chi connectivity index (χ2v) is 3.25. The molecule has 0 aliphatic rings. The molecule has 0 spiro atoms. The van der Waals surface area contributed by atoms with Crippen LogP contribution >= 0.6 is 0 Å². The summed E-state index contributed by atoms with van der Waals surface area (Å²) >= 11 is 0. The summed E-state index contributed by atoms with van der Waals surface area (Å²) in [5.74, 6) is 0.144. The fourth-order valence-corrected chi connectivity index (χ4v) is 1.09. The Hall–Kier alpha value is -1.65. The molecule has 0 radical (unpaired) electrons. The Bertz CT molecular complexity index is 331. The molecule has 0 unspecified atom stereocenters. The first kappa shape index (κ1) is 10.4. The van der Waals surface area contributed by atoms with E-state index in [0.717, 1.165) is 0 Å². The average Bonchev–Trinajstić information content (AvgIpc) is 2.50. The van der Waals surface area contributed by atoms with Crippen LogP contribution < -0.4 is 5.32 Å². The highest BCUT2D eigenvalue weighted by Gasteiger charge is 2.07. The molecule has 0 bridgehead atoms. The van der Waals surface area contributed by atoms with Gasteiger partial charge in [0, 0.05) is 18.4 Å². The Balaban J connectivity index is 2.60. The molecule has 14 heavy (non-hydrogen) atoms. The molecule has 1 heterocycles. The summed E-state index contributed by atoms with van der Waals surface area (Å²) in [4.78, 5) is 25.6. The van der Waals surface area contributed by atoms with E-state index in [4.69, 9.17) is 0 Å². The van der Waals surface area contributed by atoms with Crippen molar-refractivity contribution in [3.05, 3.63) is 18.2 Å². The fourth-order valence-electron chi connectivity index (χ4n) is 1.09. The van der Waals surface area contributed by atoms with Gasteiger partial charge in [-0.2, -0.15) is 0 Å². The molecule has 1 aromatic heterocycles. The molecule has 1 aromatic rings. The Morgan fingerprint density at radius 3 is 3.00 bits per heavy atom. The van der Waals surface area contributed by atoms with Crippen molar-refractivity contribution in [2.24, 2.45) is 0 Å². The van der Waals surface area contributed by atoms with E-state index in [2.05, 4.69) is 10.3 Å². The van der Waals surface area contributed by atoms with Gasteiger partial charge in [0.25, 0.3) is 0 Å². The van der Waals surface area contributed by atoms with E-state index in [1.807, 2.05) is 13.8 Å². The quantitative estimate of drug-likeness (QED) is 0.699. The van der Waals surface area contributed by atoms with E-state index in [0.29, 0.717) is 6.29 Å². The average molecular weight is 195 g/mol. The summed E-state index contributed by atoms with van der Waals surface area (Å²) in [6, 6.07) is 0.103. The van der Waals surface area contributed by atoms with Crippen molar-refractivity contribution in [2.45, 2.75) is 26.4 Å². The topological polar surface area (TPSA) is 64.0 Å². The molecule has 1 rings (SSSR count). The lowest BCUT2D eigenvalue weighted by molar-refractivity contribution is -0.122. The molecule has 0 aliphatic carbocycles. The molecular formula is C9H13N3O2. The lowest BCUT2D eigenvalue weighted by Crippen LogP contribution is -2.33. The second-order valence-electron chi connectivity index (χ2n) is 3.25. The molecule has 5 heteroatoms. The minimum absolute atomic E-state index is 0.103. The van der Waals surface area contributed by atoms with Gasteiger partial charge in [0.05, 0.1) is 0 Å². The third-order valence-corrected chi connectivity index (χ3v) is 1.62. The molecule has 0 fully saturated rings. The predicted octanol–water partition coefficient (Wildman–Crippen LogP) is 0.220. The highest BCUT2D eigenvalue weighted by atomic mass is 16.2. The number of carbonyl (C=O) groups is 2. The van der Waals surface area contributed by atoms with Crippen LogP contribution in [0.3, 0.4) is 0 Å². The van der Waals surface area contributed by atoms with Gasteiger partial charge < -0.3 is 9.88 Å². The van der Waals surface area contributed by atoms with Crippen LogP contribution in [0.2, 0.25) is 0 Å². The lowest BCUT2D eigenvalue weighted by atomic mass is 10.4. The van der Waals surface area contributed by atoms with Gasteiger partial charge in [-0.05, 0) is 13.8 Å². The largest absolute Gasteiger partial charge is 0.352 e. The van der Waals surface area contributed by atoms with Crippen LogP contribution in [0, 0.1) is 0 Å². The van der Waals surface area contributed by atoms with E-state index in [-0.39, 0.29) is 24.3 Å². The van der Waals surface area contributed by atoms with Crippen LogP contribution in [0.1, 0.15) is 24.5 Å². The highest BCUT2D eigenvalue weighted by molar-refractivity contribution is 5.77. The van der Waals surface area contributed by atoms with Gasteiger partial charge in [0.1, 0.15) is 6.54 Å². The van der Waals surface area contributed by atoms with Crippen molar-refractivity contribution >= 4 is 12.2 Å². The second kappa shape index (κ2) is 4.55. The zero-order valence-corrected chi connectivity index (χ0v) is 8.23. The number of rotatable bonds is 4. The van der Waals surface area contributed by atoms with E-state index in [9.17, 15) is 9.59 Å². The zero-order chi connectivity index (χ0) is 10.6. The zero-order valence-electron chi connectivity index (χ0n) is 8.23. The summed E-state index contributed by atoms with van der Waals surface area (Å²) < 4.78 is 1.50. The maximum Gasteiger partial charge on any atom is 0.240 e. The summed E-state index contributed by atoms with van der Waals surface area (Å²) in [5, 5.41) is 2.73. The number of aldehydes is 1. The third-order valence-electron chi connectivity index (χ3n) is 1.62. The number of hydrogen-bond acceptors (Lipinski definition) is 3. The Labute approximate surface area is 82.1 Å². The molecule has 1 N–H and O–H groups in total. The van der Waals surface area contributed by atoms with Crippen LogP contribution in [0.4, 0.5) is 0 Å². The summed E-state index contributed by atoms with van der Waals surface area (Å²) in [7, 11) is 0. The van der Waals surface area contributed by atoms with Gasteiger partial charge in [0.2, 0.25) is 5.91 Å². The van der Waals surface area contributed by atoms with Crippen molar-refractivity contribution in [2.75, 3.05) is 0 Å². The SMILES string of the molecule is CC(C)NC(=O)Cn1ccnc1C=O. The normalized spacial score (nSPS) is 10.2. The predicted molar refractivity (Wildman–Crippen MR) is 50.9 cm³/mol. The van der Waals surface area contributed by atoms with Gasteiger partial charge in [-0.1, -0.05) is 0 Å². The molecule has 0 saturated carbocycles. The number of aromatic nitrogens is 2. The lowest BCUT2D eigenvalue weighted by Gasteiger charge is -2.08. The van der Waals surface area contributed by atoms with Gasteiger partial charge in [-0.15, -0.1) is 0 Å². The van der Waals surface area contributed by atoms with E-state index in [1.165, 1.54) is 10.8 Å². The van der Waals surface area contributed by atoms with Crippen molar-refractivity contribution in [1.29, 1.82) is 0 Å². The fraction of sp³-hybridized carbons (Fsp3) is 0.444. The molecule has 0 saturated heterocycles. The number of imidazole rings is 1.